The molecule has 12 rings (SSSR count). The maximum absolute atomic E-state index is 14.2. The number of halogens is 5. The van der Waals surface area contributed by atoms with Crippen LogP contribution < -0.4 is 15.9 Å². The molecule has 0 spiro atoms. The maximum Gasteiger partial charge on any atom is 0.162 e. The number of likely N-dealkylation sites (tertiary alicyclic amines) is 3. The third-order valence-electron chi connectivity index (χ3n) is 11.6. The Bertz CT molecular complexity index is 5440. The summed E-state index contributed by atoms with van der Waals surface area (Å²) in [5, 5.41) is 28.0. The van der Waals surface area contributed by atoms with E-state index in [4.69, 9.17) is 77.4 Å². The highest BCUT2D eigenvalue weighted by Gasteiger charge is 2.25. The summed E-state index contributed by atoms with van der Waals surface area (Å²) in [5.41, 5.74) is -0.584. The molecule has 6 aromatic heterocycles. The lowest BCUT2D eigenvalue weighted by Crippen LogP contribution is -2.38. The van der Waals surface area contributed by atoms with E-state index in [1.165, 1.54) is 32.0 Å². The van der Waals surface area contributed by atoms with Crippen LogP contribution in [0.15, 0.2) is 79.5 Å². The van der Waals surface area contributed by atoms with Gasteiger partial charge in [-0.05, 0) is 129 Å². The minimum Gasteiger partial charge on any atom is -0.367 e. The Labute approximate surface area is 551 Å². The van der Waals surface area contributed by atoms with Crippen molar-refractivity contribution in [1.82, 2.24) is 44.6 Å². The molecule has 83 heavy (non-hydrogen) atoms. The summed E-state index contributed by atoms with van der Waals surface area (Å²) in [7, 11) is 0. The fourth-order valence-electron chi connectivity index (χ4n) is 7.70. The molecule has 3 saturated heterocycles. The highest BCUT2D eigenvalue weighted by atomic mass is 35.5. The van der Waals surface area contributed by atoms with E-state index in [0.717, 1.165) is 56.7 Å². The molecule has 3 unspecified atom stereocenters. The molecule has 3 atom stereocenters. The first-order valence-electron chi connectivity index (χ1n) is 39.6. The van der Waals surface area contributed by atoms with Crippen molar-refractivity contribution < 1.29 is 51.4 Å². The van der Waals surface area contributed by atoms with E-state index in [1.807, 2.05) is 6.07 Å². The zero-order chi connectivity index (χ0) is 85.7. The van der Waals surface area contributed by atoms with Crippen molar-refractivity contribution in [2.45, 2.75) is 96.7 Å². The van der Waals surface area contributed by atoms with Crippen LogP contribution in [-0.4, -0.2) is 102 Å². The fraction of sp³-hybridized carbons (Fsp3) is 0.350. The molecule has 426 valence electrons. The van der Waals surface area contributed by atoms with Gasteiger partial charge in [0, 0.05) is 103 Å². The van der Waals surface area contributed by atoms with Crippen LogP contribution in [-0.2, 0) is 19.5 Å². The predicted molar refractivity (Wildman–Crippen MR) is 331 cm³/mol. The molecule has 9 heterocycles. The zero-order valence-electron chi connectivity index (χ0n) is 73.9. The number of rotatable bonds is 12. The molecule has 0 aliphatic carbocycles. The zero-order valence-corrected chi connectivity index (χ0v) is 47.6. The molecule has 0 saturated carbocycles. The van der Waals surface area contributed by atoms with Gasteiger partial charge in [-0.1, -0.05) is 59.1 Å². The Balaban J connectivity index is 0.000000181. The monoisotopic (exact) mass is 1260 g/mol. The normalized spacial score (nSPS) is 29.5. The first-order chi connectivity index (χ1) is 52.3. The van der Waals surface area contributed by atoms with Gasteiger partial charge in [0.05, 0.1) is 60.2 Å². The summed E-state index contributed by atoms with van der Waals surface area (Å²) in [6.45, 7) is -14.8. The molecule has 23 heteroatoms. The van der Waals surface area contributed by atoms with E-state index >= 15 is 0 Å². The van der Waals surface area contributed by atoms with Crippen molar-refractivity contribution in [3.05, 3.63) is 154 Å². The highest BCUT2D eigenvalue weighted by Crippen LogP contribution is 2.35. The van der Waals surface area contributed by atoms with Crippen LogP contribution >= 0.6 is 68.8 Å². The molecule has 0 bridgehead atoms. The molecule has 3 N–H and O–H groups in total. The molecular formula is C60H58Cl3F2N15S3. The number of fused-ring (bicyclic) bond motifs is 3. The number of hydrogen-bond donors (Lipinski definition) is 3. The van der Waals surface area contributed by atoms with Crippen molar-refractivity contribution in [1.29, 1.82) is 15.8 Å². The van der Waals surface area contributed by atoms with Crippen LogP contribution in [0.5, 0.6) is 0 Å². The number of anilines is 3. The van der Waals surface area contributed by atoms with Crippen molar-refractivity contribution in [3.63, 3.8) is 0 Å². The largest absolute Gasteiger partial charge is 0.367 e. The van der Waals surface area contributed by atoms with Gasteiger partial charge in [0.25, 0.3) is 0 Å². The van der Waals surface area contributed by atoms with E-state index in [-0.39, 0.29) is 116 Å². The first-order valence-corrected chi connectivity index (χ1v) is 27.6. The Morgan fingerprint density at radius 3 is 1.52 bits per heavy atom. The lowest BCUT2D eigenvalue weighted by Gasteiger charge is -2.32. The predicted octanol–water partition coefficient (Wildman–Crippen LogP) is 14.1. The van der Waals surface area contributed by atoms with Gasteiger partial charge in [-0.15, -0.1) is 34.0 Å². The molecule has 3 aromatic carbocycles. The summed E-state index contributed by atoms with van der Waals surface area (Å²) in [6.07, 6.45) is -16.1. The molecule has 3 aliphatic rings. The summed E-state index contributed by atoms with van der Waals surface area (Å²) < 4.78 is 294. The topological polar surface area (TPSA) is 195 Å². The molecular weight excluding hydrogens is 1170 g/mol. The van der Waals surface area contributed by atoms with Crippen molar-refractivity contribution >= 4 is 117 Å². The number of nitriles is 3. The lowest BCUT2D eigenvalue weighted by atomic mass is 10.0. The van der Waals surface area contributed by atoms with E-state index in [2.05, 4.69) is 29.9 Å². The molecule has 15 nitrogen and oxygen atoms in total. The van der Waals surface area contributed by atoms with Gasteiger partial charge in [0.15, 0.2) is 4.24 Å². The van der Waals surface area contributed by atoms with Gasteiger partial charge < -0.3 is 15.9 Å². The quantitative estimate of drug-likeness (QED) is 0.104. The third-order valence-corrected chi connectivity index (χ3v) is 14.9. The SMILES string of the molecule is [2H]c1nc(N([2H])C2([2H])C([2H])([2H])C([2H])([2H])N(C([2H])([2H])c3ccc(C)c(C#N)c3)C([2H])([2H])C2([2H])[2H])c2c([2H])c(Cl)sc2n1.[2H]c1nc(N([2H])C2([2H])C([2H])([2H])CN(C([2H])c3cc(C)c(F)c(C#N)c3)CC2([2H])[2H])c2c([2H])c(Cl)sc2n1.[2H]c1nc(N([2H])C2([2H])CC([2H])N(C([2H])([2H])c3cc(C)c(F)c(C#N)c3)C([2H])C2)c2c([2H])c(Cl)sc2n1. The van der Waals surface area contributed by atoms with Crippen molar-refractivity contribution in [2.24, 2.45) is 0 Å². The third kappa shape index (κ3) is 15.0. The Kier molecular flexibility index (Phi) is 10.5. The number of hydrogen-bond acceptors (Lipinski definition) is 18. The molecule has 0 radical (unpaired) electrons. The minimum atomic E-state index is -3.92. The summed E-state index contributed by atoms with van der Waals surface area (Å²) >= 11 is 20.5. The number of piperidine rings is 3. The average molecular weight is 1260 g/mol. The average Bonchev–Trinajstić information content (AvgIpc) is 0.709. The number of nitrogens with zero attached hydrogens (tertiary/aromatic N) is 12. The number of nitrogens with one attached hydrogen (secondary N) is 3. The smallest absolute Gasteiger partial charge is 0.162 e. The van der Waals surface area contributed by atoms with Gasteiger partial charge >= 0.3 is 0 Å². The second kappa shape index (κ2) is 27.3. The number of aryl methyl sites for hydroxylation is 3. The van der Waals surface area contributed by atoms with Gasteiger partial charge in [0.1, 0.15) is 78.7 Å². The van der Waals surface area contributed by atoms with Gasteiger partial charge in [-0.2, -0.15) is 15.8 Å². The van der Waals surface area contributed by atoms with Gasteiger partial charge in [0.2, 0.25) is 0 Å². The lowest BCUT2D eigenvalue weighted by molar-refractivity contribution is 0.211. The second-order valence-corrected chi connectivity index (χ2v) is 22.2. The Morgan fingerprint density at radius 1 is 0.590 bits per heavy atom. The van der Waals surface area contributed by atoms with Crippen molar-refractivity contribution in [3.8, 4) is 18.2 Å². The van der Waals surface area contributed by atoms with E-state index in [0.29, 0.717) is 22.2 Å². The highest BCUT2D eigenvalue weighted by molar-refractivity contribution is 7.23. The summed E-state index contributed by atoms with van der Waals surface area (Å²) in [5.74, 6) is -3.12. The number of aromatic nitrogens is 6. The Morgan fingerprint density at radius 2 is 1.02 bits per heavy atom. The molecule has 0 amide bonds. The van der Waals surface area contributed by atoms with E-state index in [1.54, 1.807) is 19.1 Å². The van der Waals surface area contributed by atoms with Gasteiger partial charge in [-0.3, -0.25) is 14.7 Å². The second-order valence-electron chi connectivity index (χ2n) is 17.4. The van der Waals surface area contributed by atoms with Crippen LogP contribution in [0, 0.1) is 66.4 Å². The van der Waals surface area contributed by atoms with Crippen LogP contribution in [0.25, 0.3) is 30.6 Å². The minimum absolute atomic E-state index is 0.0206. The summed E-state index contributed by atoms with van der Waals surface area (Å²) in [4.78, 5) is 24.8. The molecule has 9 aromatic rings. The van der Waals surface area contributed by atoms with Crippen LogP contribution in [0.1, 0.15) is 127 Å². The van der Waals surface area contributed by atoms with Crippen LogP contribution in [0.2, 0.25) is 17.2 Å². The number of thiophene rings is 3. The van der Waals surface area contributed by atoms with E-state index < -0.39 is 169 Å². The maximum atomic E-state index is 14.2. The van der Waals surface area contributed by atoms with E-state index in [9.17, 15) is 24.6 Å². The Hall–Kier alpha value is -6.74. The standard InChI is InChI=1S/2C20H19ClFN5S.C20H20ClN5S/c2*1-12-6-13(7-14(9-23)18(12)22)10-27-4-2-15(3-5-27)26-19-16-8-17(21)28-20(16)25-11-24-19;1-13-2-3-14(8-15(13)10-22)11-26-6-4-16(5-7-26)25-19-17-9-18(21)27-20(17)24-12-23-19/h2*6-8,11,15H,2-5,10H2,1H3,(H,24,25,26);2-3,8-9,12,16H,4-7,11H2,1H3,(H,23,24,25)/i4D,5D,8D,10D2,11D,15D;2D2,3D2,8D,10D,11D,15D;4D2,5D2,6D2,7D2,9D,11D2,12D,16D/hD3. The number of benzene rings is 3. The van der Waals surface area contributed by atoms with Crippen LogP contribution in [0.3, 0.4) is 0 Å². The fourth-order valence-corrected chi connectivity index (χ4v) is 10.6. The van der Waals surface area contributed by atoms with Crippen molar-refractivity contribution in [2.75, 3.05) is 55.1 Å². The first kappa shape index (κ1) is 32.0. The molecule has 3 aliphatic heterocycles. The van der Waals surface area contributed by atoms with Crippen LogP contribution in [0.4, 0.5) is 26.2 Å². The molecule has 3 fully saturated rings. The van der Waals surface area contributed by atoms with Gasteiger partial charge in [-0.25, -0.2) is 38.7 Å². The summed E-state index contributed by atoms with van der Waals surface area (Å²) in [6, 6.07) is 3.70.